The summed E-state index contributed by atoms with van der Waals surface area (Å²) in [6, 6.07) is 30.1. The molecule has 0 unspecified atom stereocenters. The molecule has 0 aliphatic heterocycles. The van der Waals surface area contributed by atoms with Crippen LogP contribution in [-0.4, -0.2) is 18.5 Å². The molecular formula is C30H30FeO5-6. The smallest absolute Gasteiger partial charge is 0.343 e. The van der Waals surface area contributed by atoms with Gasteiger partial charge in [-0.3, -0.25) is 4.79 Å². The van der Waals surface area contributed by atoms with Crippen LogP contribution < -0.4 is 14.2 Å². The molecule has 4 aromatic rings. The van der Waals surface area contributed by atoms with Gasteiger partial charge in [0, 0.05) is 17.1 Å². The van der Waals surface area contributed by atoms with Crippen molar-refractivity contribution in [3.8, 4) is 17.2 Å². The van der Waals surface area contributed by atoms with Gasteiger partial charge in [-0.25, -0.2) is 16.9 Å². The molecule has 4 rings (SSSR count). The third-order valence-electron chi connectivity index (χ3n) is 5.06. The van der Waals surface area contributed by atoms with E-state index in [-0.39, 0.29) is 17.1 Å². The fourth-order valence-corrected chi connectivity index (χ4v) is 3.14. The number of carbonyl (C=O) groups is 2. The molecule has 0 aliphatic rings. The summed E-state index contributed by atoms with van der Waals surface area (Å²) in [7, 11) is 0. The number of hydrogen-bond donors (Lipinski definition) is 0. The molecule has 4 aromatic carbocycles. The van der Waals surface area contributed by atoms with Crippen LogP contribution in [0, 0.1) is 0 Å². The summed E-state index contributed by atoms with van der Waals surface area (Å²) in [4.78, 5) is 24.3. The Hall–Kier alpha value is -3.60. The van der Waals surface area contributed by atoms with Gasteiger partial charge in [0.2, 0.25) is 0 Å². The summed E-state index contributed by atoms with van der Waals surface area (Å²) in [6.07, 6.45) is 4.59. The van der Waals surface area contributed by atoms with Crippen LogP contribution in [0.1, 0.15) is 53.3 Å². The number of hydrogen-bond acceptors (Lipinski definition) is 5. The quantitative estimate of drug-likeness (QED) is 0.0719. The Kier molecular flexibility index (Phi) is 12.8. The van der Waals surface area contributed by atoms with E-state index in [1.165, 1.54) is 12.8 Å². The van der Waals surface area contributed by atoms with Crippen molar-refractivity contribution in [2.45, 2.75) is 32.6 Å². The molecule has 0 spiro atoms. The van der Waals surface area contributed by atoms with Crippen molar-refractivity contribution in [1.82, 2.24) is 0 Å². The summed E-state index contributed by atoms with van der Waals surface area (Å²) in [5.41, 5.74) is 0.916. The molecular weight excluding hydrogens is 496 g/mol. The Bertz CT molecular complexity index is 1100. The molecule has 0 amide bonds. The molecule has 5 nitrogen and oxygen atoms in total. The van der Waals surface area contributed by atoms with Crippen molar-refractivity contribution in [2.75, 3.05) is 6.61 Å². The number of unbranched alkanes of at least 4 members (excludes halogenated alkanes) is 3. The van der Waals surface area contributed by atoms with Crippen molar-refractivity contribution in [3.63, 3.8) is 0 Å². The largest absolute Gasteiger partial charge is 0.748 e. The average molecular weight is 526 g/mol. The topological polar surface area (TPSA) is 61.8 Å². The van der Waals surface area contributed by atoms with E-state index in [0.717, 1.165) is 18.6 Å². The van der Waals surface area contributed by atoms with Crippen LogP contribution in [0.5, 0.6) is 17.2 Å². The Morgan fingerprint density at radius 3 is 1.81 bits per heavy atom. The SMILES string of the molecule is CCCCCCOc1ccc(C(=O)Oc2ccc(OC(=O)[c-]3cccc3)cc2)cc1.[Fe].[cH-]1[cH-][cH-][cH-][cH-]1. The normalized spacial score (nSPS) is 9.81. The molecule has 6 heteroatoms. The maximum Gasteiger partial charge on any atom is 0.343 e. The molecule has 0 aliphatic carbocycles. The summed E-state index contributed by atoms with van der Waals surface area (Å²) in [6.45, 7) is 2.85. The monoisotopic (exact) mass is 526 g/mol. The first-order valence-electron chi connectivity index (χ1n) is 11.8. The van der Waals surface area contributed by atoms with E-state index in [1.807, 2.05) is 30.3 Å². The number of esters is 2. The molecule has 0 fully saturated rings. The summed E-state index contributed by atoms with van der Waals surface area (Å²) < 4.78 is 16.3. The molecule has 0 saturated carbocycles. The van der Waals surface area contributed by atoms with Gasteiger partial charge in [0.1, 0.15) is 17.2 Å². The standard InChI is InChI=1S/C25H25O5.C5H5.Fe/c1-2-3-4-7-18-28-21-12-10-20(11-13-21)25(27)30-23-16-14-22(15-17-23)29-24(26)19-8-5-6-9-19;1-2-4-5-3-1;/h5-6,8-17H,2-4,7,18H2,1H3;1-5H;/q-1;-5;. The second-order valence-electron chi connectivity index (χ2n) is 7.82. The van der Waals surface area contributed by atoms with Crippen molar-refractivity contribution in [1.29, 1.82) is 0 Å². The van der Waals surface area contributed by atoms with E-state index in [9.17, 15) is 9.59 Å². The fraction of sp³-hybridized carbons (Fsp3) is 0.200. The summed E-state index contributed by atoms with van der Waals surface area (Å²) >= 11 is 0. The molecule has 0 radical (unpaired) electrons. The van der Waals surface area contributed by atoms with E-state index < -0.39 is 11.9 Å². The minimum atomic E-state index is -0.467. The maximum atomic E-state index is 12.3. The first kappa shape index (κ1) is 28.6. The first-order chi connectivity index (χ1) is 17.2. The maximum absolute atomic E-state index is 12.3. The predicted octanol–water partition coefficient (Wildman–Crippen LogP) is 7.21. The average Bonchev–Trinajstić information content (AvgIpc) is 3.63. The van der Waals surface area contributed by atoms with Crippen molar-refractivity contribution in [3.05, 3.63) is 114 Å². The van der Waals surface area contributed by atoms with Gasteiger partial charge in [-0.15, -0.1) is 0 Å². The fourth-order valence-electron chi connectivity index (χ4n) is 3.14. The molecule has 0 aromatic heterocycles. The van der Waals surface area contributed by atoms with Crippen molar-refractivity contribution >= 4 is 11.9 Å². The van der Waals surface area contributed by atoms with Gasteiger partial charge in [0.25, 0.3) is 5.97 Å². The Balaban J connectivity index is 0.000000678. The van der Waals surface area contributed by atoms with Crippen LogP contribution in [-0.2, 0) is 17.1 Å². The van der Waals surface area contributed by atoms with Crippen molar-refractivity contribution < 1.29 is 40.9 Å². The van der Waals surface area contributed by atoms with Gasteiger partial charge >= 0.3 is 5.97 Å². The van der Waals surface area contributed by atoms with Crippen LogP contribution in [0.2, 0.25) is 0 Å². The Labute approximate surface area is 223 Å². The van der Waals surface area contributed by atoms with Gasteiger partial charge in [0.15, 0.2) is 0 Å². The number of rotatable bonds is 10. The first-order valence-corrected chi connectivity index (χ1v) is 11.8. The van der Waals surface area contributed by atoms with E-state index in [4.69, 9.17) is 14.2 Å². The minimum Gasteiger partial charge on any atom is -0.748 e. The third-order valence-corrected chi connectivity index (χ3v) is 5.06. The second-order valence-corrected chi connectivity index (χ2v) is 7.82. The zero-order valence-corrected chi connectivity index (χ0v) is 21.3. The van der Waals surface area contributed by atoms with Crippen LogP contribution in [0.3, 0.4) is 0 Å². The Morgan fingerprint density at radius 1 is 0.722 bits per heavy atom. The van der Waals surface area contributed by atoms with Crippen LogP contribution >= 0.6 is 0 Å². The van der Waals surface area contributed by atoms with Gasteiger partial charge in [-0.2, -0.15) is 12.1 Å². The van der Waals surface area contributed by atoms with Crippen LogP contribution in [0.4, 0.5) is 0 Å². The van der Waals surface area contributed by atoms with E-state index >= 15 is 0 Å². The van der Waals surface area contributed by atoms with E-state index in [1.54, 1.807) is 72.8 Å². The molecule has 0 heterocycles. The second kappa shape index (κ2) is 16.1. The van der Waals surface area contributed by atoms with E-state index in [2.05, 4.69) is 6.92 Å². The van der Waals surface area contributed by atoms with Crippen molar-refractivity contribution in [2.24, 2.45) is 0 Å². The molecule has 36 heavy (non-hydrogen) atoms. The molecule has 0 N–H and O–H groups in total. The molecule has 0 saturated heterocycles. The van der Waals surface area contributed by atoms with Gasteiger partial charge in [0.05, 0.1) is 12.2 Å². The predicted molar refractivity (Wildman–Crippen MR) is 137 cm³/mol. The number of ether oxygens (including phenoxy) is 3. The van der Waals surface area contributed by atoms with Crippen LogP contribution in [0.15, 0.2) is 103 Å². The number of carbonyl (C=O) groups excluding carboxylic acids is 2. The number of benzene rings is 2. The minimum absolute atomic E-state index is 0. The molecule has 194 valence electrons. The van der Waals surface area contributed by atoms with Gasteiger partial charge < -0.3 is 44.5 Å². The Morgan fingerprint density at radius 2 is 1.25 bits per heavy atom. The summed E-state index contributed by atoms with van der Waals surface area (Å²) in [5, 5.41) is 0. The van der Waals surface area contributed by atoms with Crippen LogP contribution in [0.25, 0.3) is 0 Å². The third kappa shape index (κ3) is 9.95. The zero-order valence-electron chi connectivity index (χ0n) is 20.2. The molecule has 0 bridgehead atoms. The van der Waals surface area contributed by atoms with Gasteiger partial charge in [-0.1, -0.05) is 31.7 Å². The summed E-state index contributed by atoms with van der Waals surface area (Å²) in [5.74, 6) is 0.577. The molecule has 0 atom stereocenters. The van der Waals surface area contributed by atoms with E-state index in [0.29, 0.717) is 29.2 Å². The zero-order chi connectivity index (χ0) is 24.7. The van der Waals surface area contributed by atoms with Gasteiger partial charge in [-0.05, 0) is 55.0 Å².